The molecular formula is C27H34N4O3S. The van der Waals surface area contributed by atoms with Crippen LogP contribution in [0.4, 0.5) is 5.69 Å². The standard InChI is InChI=1S/C27H34N4O3S/c1-2-3-17-31-25-12-11-23(35(33,34)30-15-4-5-16-30)19-24(25)29-26(31)13-14-27(32)28-22-10-9-20-7-6-8-21(20)18-22/h9-12,18-19H,2-8,13-17H2,1H3,(H,28,32). The molecule has 35 heavy (non-hydrogen) atoms. The van der Waals surface area contributed by atoms with Crippen LogP contribution in [0.2, 0.25) is 0 Å². The third kappa shape index (κ3) is 5.00. The van der Waals surface area contributed by atoms with E-state index in [-0.39, 0.29) is 5.91 Å². The number of aryl methyl sites for hydroxylation is 4. The molecule has 1 amide bonds. The highest BCUT2D eigenvalue weighted by Crippen LogP contribution is 2.27. The largest absolute Gasteiger partial charge is 0.328 e. The van der Waals surface area contributed by atoms with Crippen molar-refractivity contribution in [3.8, 4) is 0 Å². The van der Waals surface area contributed by atoms with Gasteiger partial charge in [-0.25, -0.2) is 13.4 Å². The van der Waals surface area contributed by atoms with Gasteiger partial charge in [-0.1, -0.05) is 19.4 Å². The topological polar surface area (TPSA) is 84.3 Å². The molecule has 1 fully saturated rings. The molecule has 2 heterocycles. The van der Waals surface area contributed by atoms with Gasteiger partial charge in [-0.05, 0) is 80.0 Å². The van der Waals surface area contributed by atoms with Crippen molar-refractivity contribution in [3.63, 3.8) is 0 Å². The van der Waals surface area contributed by atoms with Gasteiger partial charge in [0.1, 0.15) is 5.82 Å². The number of nitrogens with one attached hydrogen (secondary N) is 1. The zero-order valence-electron chi connectivity index (χ0n) is 20.4. The minimum Gasteiger partial charge on any atom is -0.328 e. The van der Waals surface area contributed by atoms with Crippen molar-refractivity contribution in [1.82, 2.24) is 13.9 Å². The van der Waals surface area contributed by atoms with Crippen LogP contribution in [0.3, 0.4) is 0 Å². The molecule has 186 valence electrons. The van der Waals surface area contributed by atoms with Crippen LogP contribution in [0.1, 0.15) is 62.4 Å². The second kappa shape index (κ2) is 10.1. The number of fused-ring (bicyclic) bond motifs is 2. The number of sulfonamides is 1. The van der Waals surface area contributed by atoms with E-state index in [0.717, 1.165) is 62.1 Å². The van der Waals surface area contributed by atoms with Crippen molar-refractivity contribution in [2.24, 2.45) is 0 Å². The molecule has 7 nitrogen and oxygen atoms in total. The Morgan fingerprint density at radius 3 is 2.63 bits per heavy atom. The fraction of sp³-hybridized carbons (Fsp3) is 0.481. The predicted molar refractivity (Wildman–Crippen MR) is 138 cm³/mol. The molecule has 0 radical (unpaired) electrons. The zero-order chi connectivity index (χ0) is 24.4. The maximum Gasteiger partial charge on any atom is 0.243 e. The van der Waals surface area contributed by atoms with Gasteiger partial charge in [0.05, 0.1) is 15.9 Å². The lowest BCUT2D eigenvalue weighted by Crippen LogP contribution is -2.27. The van der Waals surface area contributed by atoms with Crippen LogP contribution in [0.5, 0.6) is 0 Å². The average Bonchev–Trinajstić information content (AvgIpc) is 3.61. The fourth-order valence-corrected chi connectivity index (χ4v) is 6.79. The summed E-state index contributed by atoms with van der Waals surface area (Å²) in [6, 6.07) is 11.5. The first-order chi connectivity index (χ1) is 17.0. The van der Waals surface area contributed by atoms with Crippen molar-refractivity contribution >= 4 is 32.7 Å². The Hall–Kier alpha value is -2.71. The second-order valence-electron chi connectivity index (χ2n) is 9.68. The van der Waals surface area contributed by atoms with Gasteiger partial charge >= 0.3 is 0 Å². The van der Waals surface area contributed by atoms with Gasteiger partial charge < -0.3 is 9.88 Å². The molecule has 1 saturated heterocycles. The van der Waals surface area contributed by atoms with Crippen molar-refractivity contribution in [2.45, 2.75) is 76.2 Å². The minimum atomic E-state index is -3.50. The van der Waals surface area contributed by atoms with E-state index in [9.17, 15) is 13.2 Å². The molecule has 2 aromatic carbocycles. The quantitative estimate of drug-likeness (QED) is 0.468. The summed E-state index contributed by atoms with van der Waals surface area (Å²) in [5.74, 6) is 0.794. The average molecular weight is 495 g/mol. The van der Waals surface area contributed by atoms with E-state index in [4.69, 9.17) is 4.98 Å². The van der Waals surface area contributed by atoms with E-state index in [1.807, 2.05) is 12.1 Å². The summed E-state index contributed by atoms with van der Waals surface area (Å²) in [6.45, 7) is 4.10. The lowest BCUT2D eigenvalue weighted by molar-refractivity contribution is -0.116. The van der Waals surface area contributed by atoms with Crippen LogP contribution >= 0.6 is 0 Å². The normalized spacial score (nSPS) is 16.1. The molecule has 0 atom stereocenters. The van der Waals surface area contributed by atoms with Crippen LogP contribution in [-0.4, -0.2) is 41.3 Å². The number of rotatable bonds is 9. The molecule has 3 aromatic rings. The smallest absolute Gasteiger partial charge is 0.243 e. The Labute approximate surface area is 207 Å². The zero-order valence-corrected chi connectivity index (χ0v) is 21.2. The number of carbonyl (C=O) groups excluding carboxylic acids is 1. The lowest BCUT2D eigenvalue weighted by Gasteiger charge is -2.15. The summed E-state index contributed by atoms with van der Waals surface area (Å²) in [4.78, 5) is 17.8. The van der Waals surface area contributed by atoms with Gasteiger partial charge in [0.2, 0.25) is 15.9 Å². The number of benzene rings is 2. The first-order valence-corrected chi connectivity index (χ1v) is 14.3. The number of amides is 1. The number of aromatic nitrogens is 2. The third-order valence-corrected chi connectivity index (χ3v) is 9.09. The summed E-state index contributed by atoms with van der Waals surface area (Å²) in [7, 11) is -3.50. The second-order valence-corrected chi connectivity index (χ2v) is 11.6. The number of anilines is 1. The number of imidazole rings is 1. The first-order valence-electron chi connectivity index (χ1n) is 12.9. The highest BCUT2D eigenvalue weighted by atomic mass is 32.2. The molecule has 1 aliphatic heterocycles. The summed E-state index contributed by atoms with van der Waals surface area (Å²) < 4.78 is 29.8. The molecule has 1 aromatic heterocycles. The van der Waals surface area contributed by atoms with Gasteiger partial charge in [-0.3, -0.25) is 4.79 Å². The van der Waals surface area contributed by atoms with E-state index in [2.05, 4.69) is 28.9 Å². The summed E-state index contributed by atoms with van der Waals surface area (Å²) >= 11 is 0. The van der Waals surface area contributed by atoms with Crippen molar-refractivity contribution in [3.05, 3.63) is 53.3 Å². The molecule has 0 unspecified atom stereocenters. The highest BCUT2D eigenvalue weighted by molar-refractivity contribution is 7.89. The third-order valence-electron chi connectivity index (χ3n) is 7.19. The minimum absolute atomic E-state index is 0.0330. The molecule has 0 bridgehead atoms. The van der Waals surface area contributed by atoms with E-state index < -0.39 is 10.0 Å². The molecule has 2 aliphatic rings. The predicted octanol–water partition coefficient (Wildman–Crippen LogP) is 4.68. The monoisotopic (exact) mass is 494 g/mol. The van der Waals surface area contributed by atoms with Crippen LogP contribution in [-0.2, 0) is 40.6 Å². The Kier molecular flexibility index (Phi) is 6.93. The molecule has 5 rings (SSSR count). The molecule has 1 aliphatic carbocycles. The van der Waals surface area contributed by atoms with E-state index in [1.165, 1.54) is 17.5 Å². The van der Waals surface area contributed by atoms with Gasteiger partial charge in [0, 0.05) is 38.2 Å². The maximum absolute atomic E-state index is 13.0. The molecule has 8 heteroatoms. The Morgan fingerprint density at radius 2 is 1.83 bits per heavy atom. The number of nitrogens with zero attached hydrogens (tertiary/aromatic N) is 3. The maximum atomic E-state index is 13.0. The van der Waals surface area contributed by atoms with Gasteiger partial charge in [0.15, 0.2) is 0 Å². The first kappa shape index (κ1) is 24.0. The van der Waals surface area contributed by atoms with E-state index >= 15 is 0 Å². The lowest BCUT2D eigenvalue weighted by atomic mass is 10.1. The summed E-state index contributed by atoms with van der Waals surface area (Å²) in [5, 5.41) is 3.04. The van der Waals surface area contributed by atoms with Crippen molar-refractivity contribution in [2.75, 3.05) is 18.4 Å². The van der Waals surface area contributed by atoms with Crippen LogP contribution in [0.25, 0.3) is 11.0 Å². The SMILES string of the molecule is CCCCn1c(CCC(=O)Nc2ccc3c(c2)CCC3)nc2cc(S(=O)(=O)N3CCCC3)ccc21. The Bertz CT molecular complexity index is 1340. The molecule has 0 saturated carbocycles. The van der Waals surface area contributed by atoms with Gasteiger partial charge in [0.25, 0.3) is 0 Å². The van der Waals surface area contributed by atoms with Crippen LogP contribution < -0.4 is 5.32 Å². The molecular weight excluding hydrogens is 460 g/mol. The summed E-state index contributed by atoms with van der Waals surface area (Å²) in [6.07, 6.45) is 8.06. The molecule has 0 spiro atoms. The van der Waals surface area contributed by atoms with Crippen LogP contribution in [0, 0.1) is 0 Å². The number of hydrogen-bond donors (Lipinski definition) is 1. The van der Waals surface area contributed by atoms with Crippen LogP contribution in [0.15, 0.2) is 41.3 Å². The number of unbranched alkanes of at least 4 members (excludes halogenated alkanes) is 1. The van der Waals surface area contributed by atoms with E-state index in [1.54, 1.807) is 16.4 Å². The molecule has 1 N–H and O–H groups in total. The van der Waals surface area contributed by atoms with Gasteiger partial charge in [-0.2, -0.15) is 4.31 Å². The highest BCUT2D eigenvalue weighted by Gasteiger charge is 2.28. The fourth-order valence-electron chi connectivity index (χ4n) is 5.25. The number of carbonyl (C=O) groups is 1. The van der Waals surface area contributed by atoms with Crippen molar-refractivity contribution < 1.29 is 13.2 Å². The number of hydrogen-bond acceptors (Lipinski definition) is 4. The Balaban J connectivity index is 1.34. The summed E-state index contributed by atoms with van der Waals surface area (Å²) in [5.41, 5.74) is 5.18. The van der Waals surface area contributed by atoms with Crippen molar-refractivity contribution in [1.29, 1.82) is 0 Å². The van der Waals surface area contributed by atoms with E-state index in [0.29, 0.717) is 36.3 Å². The Morgan fingerprint density at radius 1 is 1.03 bits per heavy atom. The van der Waals surface area contributed by atoms with Gasteiger partial charge in [-0.15, -0.1) is 0 Å².